The van der Waals surface area contributed by atoms with Crippen molar-refractivity contribution in [1.82, 2.24) is 4.90 Å². The molecular weight excluding hydrogens is 470 g/mol. The van der Waals surface area contributed by atoms with Crippen LogP contribution in [0.25, 0.3) is 6.08 Å². The zero-order valence-electron chi connectivity index (χ0n) is 18.1. The molecule has 2 aromatic rings. The molecule has 3 rings (SSSR count). The van der Waals surface area contributed by atoms with E-state index in [0.29, 0.717) is 52.0 Å². The van der Waals surface area contributed by atoms with Crippen molar-refractivity contribution in [3.63, 3.8) is 0 Å². The molecule has 32 heavy (non-hydrogen) atoms. The van der Waals surface area contributed by atoms with Crippen LogP contribution in [0.15, 0.2) is 41.3 Å². The number of hydrogen-bond donors (Lipinski definition) is 0. The van der Waals surface area contributed by atoms with Gasteiger partial charge in [-0.3, -0.25) is 9.69 Å². The van der Waals surface area contributed by atoms with Gasteiger partial charge in [-0.05, 0) is 42.8 Å². The fourth-order valence-corrected chi connectivity index (χ4v) is 4.34. The SMILES string of the molecule is CCOc1cc(/C=C2\SC(=S)N(C)C2=O)cc(Cl)c1OCCCOc1cccc(OC)c1. The Morgan fingerprint density at radius 3 is 2.56 bits per heavy atom. The van der Waals surface area contributed by atoms with Gasteiger partial charge >= 0.3 is 0 Å². The number of benzene rings is 2. The first-order valence-electron chi connectivity index (χ1n) is 10.0. The minimum absolute atomic E-state index is 0.134. The highest BCUT2D eigenvalue weighted by molar-refractivity contribution is 8.26. The lowest BCUT2D eigenvalue weighted by Crippen LogP contribution is -2.22. The molecule has 0 aliphatic carbocycles. The molecule has 1 amide bonds. The van der Waals surface area contributed by atoms with E-state index in [1.54, 1.807) is 32.4 Å². The molecule has 1 saturated heterocycles. The summed E-state index contributed by atoms with van der Waals surface area (Å²) in [6.45, 7) is 3.21. The van der Waals surface area contributed by atoms with E-state index >= 15 is 0 Å². The highest BCUT2D eigenvalue weighted by Crippen LogP contribution is 2.39. The summed E-state index contributed by atoms with van der Waals surface area (Å²) in [5.74, 6) is 2.33. The van der Waals surface area contributed by atoms with Crippen molar-refractivity contribution >= 4 is 51.9 Å². The predicted molar refractivity (Wildman–Crippen MR) is 132 cm³/mol. The minimum atomic E-state index is -0.134. The first kappa shape index (κ1) is 24.2. The third-order valence-corrected chi connectivity index (χ3v) is 6.23. The van der Waals surface area contributed by atoms with Gasteiger partial charge in [0.25, 0.3) is 5.91 Å². The summed E-state index contributed by atoms with van der Waals surface area (Å²) in [6, 6.07) is 11.0. The number of nitrogens with zero attached hydrogens (tertiary/aromatic N) is 1. The van der Waals surface area contributed by atoms with Crippen LogP contribution in [-0.2, 0) is 4.79 Å². The zero-order valence-corrected chi connectivity index (χ0v) is 20.4. The standard InChI is InChI=1S/C23H24ClNO5S2/c1-4-28-19-12-15(13-20-22(26)25(2)23(31)32-20)11-18(24)21(19)30-10-6-9-29-17-8-5-7-16(14-17)27-3/h5,7-8,11-14H,4,6,9-10H2,1-3H3/b20-13-. The predicted octanol–water partition coefficient (Wildman–Crippen LogP) is 5.43. The molecule has 170 valence electrons. The number of amides is 1. The largest absolute Gasteiger partial charge is 0.497 e. The lowest BCUT2D eigenvalue weighted by molar-refractivity contribution is -0.121. The molecule has 0 aromatic heterocycles. The smallest absolute Gasteiger partial charge is 0.265 e. The lowest BCUT2D eigenvalue weighted by atomic mass is 10.1. The van der Waals surface area contributed by atoms with E-state index in [2.05, 4.69) is 0 Å². The molecule has 1 heterocycles. The van der Waals surface area contributed by atoms with E-state index in [4.69, 9.17) is 42.8 Å². The number of thioether (sulfide) groups is 1. The zero-order chi connectivity index (χ0) is 23.1. The van der Waals surface area contributed by atoms with Crippen LogP contribution in [-0.4, -0.2) is 49.1 Å². The molecular formula is C23H24ClNO5S2. The Balaban J connectivity index is 1.63. The summed E-state index contributed by atoms with van der Waals surface area (Å²) in [4.78, 5) is 14.3. The van der Waals surface area contributed by atoms with Crippen LogP contribution in [0, 0.1) is 0 Å². The first-order chi connectivity index (χ1) is 15.4. The van der Waals surface area contributed by atoms with Crippen LogP contribution in [0.1, 0.15) is 18.9 Å². The minimum Gasteiger partial charge on any atom is -0.497 e. The summed E-state index contributed by atoms with van der Waals surface area (Å²) in [7, 11) is 3.28. The Bertz CT molecular complexity index is 1030. The van der Waals surface area contributed by atoms with Gasteiger partial charge in [-0.25, -0.2) is 0 Å². The number of carbonyl (C=O) groups is 1. The maximum Gasteiger partial charge on any atom is 0.265 e. The van der Waals surface area contributed by atoms with Crippen molar-refractivity contribution in [3.05, 3.63) is 51.9 Å². The van der Waals surface area contributed by atoms with Gasteiger partial charge in [0.15, 0.2) is 11.5 Å². The Labute approximate surface area is 202 Å². The van der Waals surface area contributed by atoms with Crippen LogP contribution in [0.5, 0.6) is 23.0 Å². The van der Waals surface area contributed by atoms with Gasteiger partial charge in [-0.1, -0.05) is 41.6 Å². The number of likely N-dealkylation sites (N-methyl/N-ethyl adjacent to an activating group) is 1. The van der Waals surface area contributed by atoms with Gasteiger partial charge in [-0.15, -0.1) is 0 Å². The maximum absolute atomic E-state index is 12.3. The van der Waals surface area contributed by atoms with Crippen molar-refractivity contribution in [2.75, 3.05) is 34.0 Å². The first-order valence-corrected chi connectivity index (χ1v) is 11.6. The van der Waals surface area contributed by atoms with Gasteiger partial charge < -0.3 is 18.9 Å². The highest BCUT2D eigenvalue weighted by Gasteiger charge is 2.28. The highest BCUT2D eigenvalue weighted by atomic mass is 35.5. The quantitative estimate of drug-likeness (QED) is 0.248. The molecule has 2 aromatic carbocycles. The van der Waals surface area contributed by atoms with E-state index in [9.17, 15) is 4.79 Å². The van der Waals surface area contributed by atoms with Gasteiger partial charge in [0.05, 0.1) is 36.9 Å². The fraction of sp³-hybridized carbons (Fsp3) is 0.304. The molecule has 0 saturated carbocycles. The molecule has 6 nitrogen and oxygen atoms in total. The number of halogens is 1. The molecule has 1 aliphatic heterocycles. The van der Waals surface area contributed by atoms with E-state index in [1.165, 1.54) is 16.7 Å². The maximum atomic E-state index is 12.3. The third kappa shape index (κ3) is 6.09. The van der Waals surface area contributed by atoms with Gasteiger partial charge in [0.1, 0.15) is 15.8 Å². The van der Waals surface area contributed by atoms with Gasteiger partial charge in [0, 0.05) is 19.5 Å². The van der Waals surface area contributed by atoms with Crippen LogP contribution in [0.2, 0.25) is 5.02 Å². The second-order valence-electron chi connectivity index (χ2n) is 6.73. The average Bonchev–Trinajstić information content (AvgIpc) is 3.02. The summed E-state index contributed by atoms with van der Waals surface area (Å²) in [6.07, 6.45) is 2.41. The van der Waals surface area contributed by atoms with Crippen molar-refractivity contribution in [3.8, 4) is 23.0 Å². The second-order valence-corrected chi connectivity index (χ2v) is 8.82. The summed E-state index contributed by atoms with van der Waals surface area (Å²) < 4.78 is 23.1. The number of ether oxygens (including phenoxy) is 4. The number of methoxy groups -OCH3 is 1. The second kappa shape index (κ2) is 11.4. The third-order valence-electron chi connectivity index (χ3n) is 4.46. The molecule has 9 heteroatoms. The monoisotopic (exact) mass is 493 g/mol. The van der Waals surface area contributed by atoms with Crippen LogP contribution in [0.4, 0.5) is 0 Å². The fourth-order valence-electron chi connectivity index (χ4n) is 2.89. The number of rotatable bonds is 10. The van der Waals surface area contributed by atoms with Gasteiger partial charge in [0.2, 0.25) is 0 Å². The molecule has 0 spiro atoms. The van der Waals surface area contributed by atoms with E-state index in [0.717, 1.165) is 17.1 Å². The van der Waals surface area contributed by atoms with Crippen LogP contribution >= 0.6 is 35.6 Å². The molecule has 0 radical (unpaired) electrons. The number of carbonyl (C=O) groups excluding carboxylic acids is 1. The molecule has 1 fully saturated rings. The summed E-state index contributed by atoms with van der Waals surface area (Å²) >= 11 is 12.9. The molecule has 1 aliphatic rings. The van der Waals surface area contributed by atoms with Crippen LogP contribution in [0.3, 0.4) is 0 Å². The topological polar surface area (TPSA) is 57.2 Å². The van der Waals surface area contributed by atoms with Crippen LogP contribution < -0.4 is 18.9 Å². The lowest BCUT2D eigenvalue weighted by Gasteiger charge is -2.15. The Hall–Kier alpha value is -2.42. The average molecular weight is 494 g/mol. The van der Waals surface area contributed by atoms with Gasteiger partial charge in [-0.2, -0.15) is 0 Å². The molecule has 0 N–H and O–H groups in total. The molecule has 0 atom stereocenters. The molecule has 0 unspecified atom stereocenters. The van der Waals surface area contributed by atoms with E-state index in [1.807, 2.05) is 31.2 Å². The van der Waals surface area contributed by atoms with Crippen molar-refractivity contribution in [2.24, 2.45) is 0 Å². The molecule has 0 bridgehead atoms. The Morgan fingerprint density at radius 2 is 1.88 bits per heavy atom. The summed E-state index contributed by atoms with van der Waals surface area (Å²) in [5, 5.41) is 0.405. The Morgan fingerprint density at radius 1 is 1.12 bits per heavy atom. The summed E-state index contributed by atoms with van der Waals surface area (Å²) in [5.41, 5.74) is 0.737. The van der Waals surface area contributed by atoms with E-state index in [-0.39, 0.29) is 5.91 Å². The van der Waals surface area contributed by atoms with E-state index < -0.39 is 0 Å². The van der Waals surface area contributed by atoms with Crippen molar-refractivity contribution < 1.29 is 23.7 Å². The van der Waals surface area contributed by atoms with Crippen molar-refractivity contribution in [1.29, 1.82) is 0 Å². The number of thiocarbonyl (C=S) groups is 1. The normalized spacial score (nSPS) is 14.8. The number of hydrogen-bond acceptors (Lipinski definition) is 7. The Kier molecular flexibility index (Phi) is 8.67. The van der Waals surface area contributed by atoms with Crippen molar-refractivity contribution in [2.45, 2.75) is 13.3 Å².